The van der Waals surface area contributed by atoms with E-state index in [1.807, 2.05) is 0 Å². The number of H-pyrrole nitrogens is 1. The van der Waals surface area contributed by atoms with E-state index < -0.39 is 81.9 Å². The number of hydrogen-bond donors (Lipinski definition) is 2. The monoisotopic (exact) mass is 308 g/mol. The smallest absolute Gasteiger partial charge is 0.215 e. The van der Waals surface area contributed by atoms with Crippen molar-refractivity contribution >= 4 is 20.9 Å². The van der Waals surface area contributed by atoms with Gasteiger partial charge in [-0.05, 0) is 50.7 Å². The van der Waals surface area contributed by atoms with Crippen molar-refractivity contribution in [1.82, 2.24) is 14.6 Å². The predicted octanol–water partition coefficient (Wildman–Crippen LogP) is 1.32. The van der Waals surface area contributed by atoms with Gasteiger partial charge in [0.25, 0.3) is 0 Å². The standard InChI is InChI=1S/C14H21N3O2S/c1-15-20(18,19)10-11-4-5-14-13(8-11)12(9-16-14)6-7-17(2)3/h4-5,8-9,15-16H,6-7,10H2,1-3H3/i1D3,4D,5D,6D2,7D2,8D,9D,10D2. The van der Waals surface area contributed by atoms with Crippen molar-refractivity contribution < 1.29 is 26.2 Å². The first-order chi connectivity index (χ1) is 14.5. The number of fused-ring (bicyclic) bond motifs is 1. The van der Waals surface area contributed by atoms with Crippen LogP contribution in [-0.2, 0) is 22.1 Å². The van der Waals surface area contributed by atoms with Gasteiger partial charge in [0.1, 0.15) is 0 Å². The zero-order valence-corrected chi connectivity index (χ0v) is 11.5. The molecule has 0 radical (unpaired) electrons. The average Bonchev–Trinajstić information content (AvgIpc) is 2.95. The topological polar surface area (TPSA) is 65.2 Å². The summed E-state index contributed by atoms with van der Waals surface area (Å²) < 4.78 is 129. The minimum atomic E-state index is -5.42. The molecular formula is C14H21N3O2S. The predicted molar refractivity (Wildman–Crippen MR) is 82.2 cm³/mol. The van der Waals surface area contributed by atoms with Crippen molar-refractivity contribution in [3.8, 4) is 0 Å². The highest BCUT2D eigenvalue weighted by Crippen LogP contribution is 2.21. The number of likely N-dealkylation sites (N-methyl/N-ethyl adjacent to an activating group) is 1. The molecule has 0 bridgehead atoms. The van der Waals surface area contributed by atoms with E-state index in [0.717, 1.165) is 9.62 Å². The molecule has 0 aliphatic heterocycles. The van der Waals surface area contributed by atoms with E-state index in [1.165, 1.54) is 14.1 Å². The second-order valence-corrected chi connectivity index (χ2v) is 5.38. The number of nitrogens with one attached hydrogen (secondary N) is 2. The van der Waals surface area contributed by atoms with Crippen LogP contribution in [0.15, 0.2) is 24.3 Å². The Labute approximate surface area is 138 Å². The van der Waals surface area contributed by atoms with Crippen LogP contribution < -0.4 is 4.72 Å². The molecule has 5 nitrogen and oxygen atoms in total. The SMILES string of the molecule is [2H]c1[nH]c2c([2H])c([2H])c(C([2H])([2H])S(=O)(=O)NC([2H])([2H])[2H])c([2H])c2c1C([2H])([2H])C([2H])([2H])N(C)C. The van der Waals surface area contributed by atoms with Crippen LogP contribution in [0.3, 0.4) is 0 Å². The second kappa shape index (κ2) is 5.95. The Morgan fingerprint density at radius 2 is 2.30 bits per heavy atom. The van der Waals surface area contributed by atoms with Crippen molar-refractivity contribution in [1.29, 1.82) is 0 Å². The molecule has 0 atom stereocenters. The van der Waals surface area contributed by atoms with Crippen LogP contribution in [0.5, 0.6) is 0 Å². The molecule has 2 rings (SSSR count). The van der Waals surface area contributed by atoms with Crippen LogP contribution in [0.2, 0.25) is 0 Å². The lowest BCUT2D eigenvalue weighted by Gasteiger charge is -2.08. The Morgan fingerprint density at radius 3 is 3.00 bits per heavy atom. The summed E-state index contributed by atoms with van der Waals surface area (Å²) in [6.45, 7) is -6.13. The van der Waals surface area contributed by atoms with Crippen LogP contribution >= 0.6 is 0 Å². The lowest BCUT2D eigenvalue weighted by Crippen LogP contribution is -2.20. The van der Waals surface area contributed by atoms with E-state index in [4.69, 9.17) is 17.8 Å². The van der Waals surface area contributed by atoms with E-state index >= 15 is 0 Å². The Balaban J connectivity index is 3.03. The van der Waals surface area contributed by atoms with Crippen molar-refractivity contribution in [3.63, 3.8) is 0 Å². The first kappa shape index (κ1) is 5.44. The van der Waals surface area contributed by atoms with Gasteiger partial charge >= 0.3 is 0 Å². The van der Waals surface area contributed by atoms with Gasteiger partial charge in [0.2, 0.25) is 10.0 Å². The van der Waals surface area contributed by atoms with E-state index in [2.05, 4.69) is 4.98 Å². The van der Waals surface area contributed by atoms with Gasteiger partial charge < -0.3 is 9.88 Å². The number of nitrogens with zero attached hydrogens (tertiary/aromatic N) is 1. The molecule has 0 saturated carbocycles. The van der Waals surface area contributed by atoms with Gasteiger partial charge in [-0.3, -0.25) is 0 Å². The van der Waals surface area contributed by atoms with Crippen LogP contribution in [0.1, 0.15) is 28.9 Å². The summed E-state index contributed by atoms with van der Waals surface area (Å²) in [5, 5.41) is -0.667. The first-order valence-corrected chi connectivity index (χ1v) is 6.84. The molecule has 20 heavy (non-hydrogen) atoms. The van der Waals surface area contributed by atoms with E-state index in [-0.39, 0.29) is 0 Å². The zero-order chi connectivity index (χ0) is 26.1. The average molecular weight is 308 g/mol. The summed E-state index contributed by atoms with van der Waals surface area (Å²) in [5.74, 6) is 0. The fourth-order valence-corrected chi connectivity index (χ4v) is 1.77. The van der Waals surface area contributed by atoms with Crippen molar-refractivity contribution in [2.24, 2.45) is 0 Å². The maximum Gasteiger partial charge on any atom is 0.215 e. The fourth-order valence-electron chi connectivity index (χ4n) is 1.35. The lowest BCUT2D eigenvalue weighted by atomic mass is 10.1. The van der Waals surface area contributed by atoms with E-state index in [9.17, 15) is 8.42 Å². The minimum absolute atomic E-state index is 0.468. The van der Waals surface area contributed by atoms with Gasteiger partial charge in [-0.25, -0.2) is 13.1 Å². The van der Waals surface area contributed by atoms with Gasteiger partial charge in [0.05, 0.1) is 11.2 Å². The number of hydrogen-bond acceptors (Lipinski definition) is 3. The molecular weight excluding hydrogens is 274 g/mol. The van der Waals surface area contributed by atoms with Crippen molar-refractivity contribution in [2.75, 3.05) is 27.6 Å². The summed E-state index contributed by atoms with van der Waals surface area (Å²) in [7, 11) is -2.99. The van der Waals surface area contributed by atoms with Crippen LogP contribution in [-0.4, -0.2) is 45.9 Å². The first-order valence-electron chi connectivity index (χ1n) is 11.9. The van der Waals surface area contributed by atoms with Crippen LogP contribution in [0.4, 0.5) is 0 Å². The quantitative estimate of drug-likeness (QED) is 0.846. The fraction of sp³-hybridized carbons (Fsp3) is 0.429. The third-order valence-electron chi connectivity index (χ3n) is 2.15. The molecule has 0 saturated heterocycles. The molecule has 1 aromatic carbocycles. The third-order valence-corrected chi connectivity index (χ3v) is 2.89. The summed E-state index contributed by atoms with van der Waals surface area (Å²) >= 11 is 0. The Morgan fingerprint density at radius 1 is 1.50 bits per heavy atom. The number of aromatic amines is 1. The molecule has 0 aliphatic carbocycles. The van der Waals surface area contributed by atoms with Gasteiger partial charge in [0, 0.05) is 35.9 Å². The highest BCUT2D eigenvalue weighted by molar-refractivity contribution is 7.88. The van der Waals surface area contributed by atoms with Gasteiger partial charge in [-0.15, -0.1) is 0 Å². The molecule has 6 heteroatoms. The van der Waals surface area contributed by atoms with Crippen LogP contribution in [0, 0.1) is 0 Å². The molecule has 0 spiro atoms. The molecule has 0 unspecified atom stereocenters. The number of rotatable bonds is 6. The Kier molecular flexibility index (Phi) is 1.62. The maximum absolute atomic E-state index is 12.5. The van der Waals surface area contributed by atoms with Gasteiger partial charge in [-0.2, -0.15) is 0 Å². The molecule has 0 amide bonds. The van der Waals surface area contributed by atoms with E-state index in [0.29, 0.717) is 0 Å². The number of sulfonamides is 1. The summed E-state index contributed by atoms with van der Waals surface area (Å²) in [6.07, 6.45) is -3.79. The molecule has 1 heterocycles. The zero-order valence-electron chi connectivity index (χ0n) is 23.7. The van der Waals surface area contributed by atoms with Gasteiger partial charge in [-0.1, -0.05) is 6.04 Å². The molecule has 1 aromatic heterocycles. The highest BCUT2D eigenvalue weighted by Gasteiger charge is 2.11. The maximum atomic E-state index is 12.5. The number of aryl methyl sites for hydroxylation is 1. The molecule has 2 aromatic rings. The third kappa shape index (κ3) is 3.59. The molecule has 2 N–H and O–H groups in total. The Hall–Kier alpha value is -1.37. The summed E-state index contributed by atoms with van der Waals surface area (Å²) in [6, 6.07) is -3.09. The van der Waals surface area contributed by atoms with Gasteiger partial charge in [0.15, 0.2) is 0 Å². The lowest BCUT2D eigenvalue weighted by molar-refractivity contribution is 0.414. The largest absolute Gasteiger partial charge is 0.361 e. The van der Waals surface area contributed by atoms with E-state index in [1.54, 1.807) is 0 Å². The molecule has 0 aliphatic rings. The minimum Gasteiger partial charge on any atom is -0.361 e. The van der Waals surface area contributed by atoms with Crippen molar-refractivity contribution in [2.45, 2.75) is 12.1 Å². The second-order valence-electron chi connectivity index (χ2n) is 3.96. The molecule has 110 valence electrons. The van der Waals surface area contributed by atoms with Crippen molar-refractivity contribution in [3.05, 3.63) is 35.4 Å². The molecule has 0 fully saturated rings. The van der Waals surface area contributed by atoms with Crippen LogP contribution in [0.25, 0.3) is 10.9 Å². The number of aromatic nitrogens is 1. The summed E-state index contributed by atoms with van der Waals surface area (Å²) in [5.41, 5.74) is -6.24. The Bertz CT molecular complexity index is 1200. The summed E-state index contributed by atoms with van der Waals surface area (Å²) in [4.78, 5) is 3.15. The number of benzene rings is 1. The normalized spacial score (nSPS) is 24.6. The highest BCUT2D eigenvalue weighted by atomic mass is 32.2.